The lowest BCUT2D eigenvalue weighted by Crippen LogP contribution is -2.19. The summed E-state index contributed by atoms with van der Waals surface area (Å²) in [4.78, 5) is 0. The molecule has 0 aliphatic heterocycles. The van der Waals surface area contributed by atoms with E-state index in [1.807, 2.05) is 19.1 Å². The lowest BCUT2D eigenvalue weighted by Gasteiger charge is -2.20. The van der Waals surface area contributed by atoms with E-state index >= 15 is 0 Å². The van der Waals surface area contributed by atoms with Crippen molar-refractivity contribution in [3.8, 4) is 5.75 Å². The fourth-order valence-electron chi connectivity index (χ4n) is 2.51. The molecule has 1 aliphatic rings. The van der Waals surface area contributed by atoms with Gasteiger partial charge in [0.05, 0.1) is 0 Å². The second-order valence-corrected chi connectivity index (χ2v) is 4.63. The van der Waals surface area contributed by atoms with Crippen molar-refractivity contribution in [1.29, 1.82) is 0 Å². The number of phenols is 1. The van der Waals surface area contributed by atoms with Gasteiger partial charge in [-0.25, -0.2) is 0 Å². The molecule has 1 aromatic carbocycles. The highest BCUT2D eigenvalue weighted by Gasteiger charge is 2.24. The van der Waals surface area contributed by atoms with Crippen LogP contribution in [0.3, 0.4) is 0 Å². The van der Waals surface area contributed by atoms with Gasteiger partial charge in [-0.2, -0.15) is 0 Å². The maximum atomic E-state index is 9.79. The molecule has 15 heavy (non-hydrogen) atoms. The molecule has 0 heterocycles. The van der Waals surface area contributed by atoms with Gasteiger partial charge in [0.15, 0.2) is 0 Å². The number of phenolic OH excluding ortho intramolecular Hbond substituents is 1. The molecule has 0 aromatic heterocycles. The number of hydrogen-bond donors (Lipinski definition) is 2. The summed E-state index contributed by atoms with van der Waals surface area (Å²) in [7, 11) is 0. The summed E-state index contributed by atoms with van der Waals surface area (Å²) in [6, 6.07) is 5.69. The fourth-order valence-corrected chi connectivity index (χ4v) is 2.51. The summed E-state index contributed by atoms with van der Waals surface area (Å²) in [6.45, 7) is 2.03. The quantitative estimate of drug-likeness (QED) is 0.779. The zero-order valence-corrected chi connectivity index (χ0v) is 9.24. The van der Waals surface area contributed by atoms with Crippen molar-refractivity contribution in [2.75, 3.05) is 0 Å². The minimum Gasteiger partial charge on any atom is -0.508 e. The number of nitrogens with two attached hydrogens (primary N) is 1. The Balaban J connectivity index is 2.23. The maximum absolute atomic E-state index is 9.79. The third-order valence-electron chi connectivity index (χ3n) is 3.45. The van der Waals surface area contributed by atoms with Gasteiger partial charge in [-0.1, -0.05) is 30.5 Å². The Bertz CT molecular complexity index is 342. The molecule has 0 radical (unpaired) electrons. The standard InChI is InChI=1S/C13H19NO/c1-9-6-7-12(15)11(8-9)13(14)10-4-2-3-5-10/h6-8,10,13,15H,2-5,14H2,1H3/t13-/m0/s1. The molecule has 1 aromatic rings. The van der Waals surface area contributed by atoms with Crippen LogP contribution in [-0.4, -0.2) is 5.11 Å². The normalized spacial score (nSPS) is 19.3. The smallest absolute Gasteiger partial charge is 0.120 e. The predicted octanol–water partition coefficient (Wildman–Crippen LogP) is 2.89. The molecule has 2 heteroatoms. The van der Waals surface area contributed by atoms with E-state index in [0.29, 0.717) is 11.7 Å². The third kappa shape index (κ3) is 2.15. The van der Waals surface area contributed by atoms with E-state index in [4.69, 9.17) is 5.73 Å². The summed E-state index contributed by atoms with van der Waals surface area (Å²) >= 11 is 0. The number of rotatable bonds is 2. The average Bonchev–Trinajstić information content (AvgIpc) is 2.74. The molecular weight excluding hydrogens is 186 g/mol. The highest BCUT2D eigenvalue weighted by atomic mass is 16.3. The van der Waals surface area contributed by atoms with Crippen LogP contribution in [0.25, 0.3) is 0 Å². The van der Waals surface area contributed by atoms with Gasteiger partial charge in [0.2, 0.25) is 0 Å². The van der Waals surface area contributed by atoms with Crippen molar-refractivity contribution in [3.63, 3.8) is 0 Å². The second-order valence-electron chi connectivity index (χ2n) is 4.63. The number of aromatic hydroxyl groups is 1. The van der Waals surface area contributed by atoms with Gasteiger partial charge in [0, 0.05) is 11.6 Å². The second kappa shape index (κ2) is 4.23. The first-order chi connectivity index (χ1) is 7.18. The van der Waals surface area contributed by atoms with Crippen LogP contribution in [0.4, 0.5) is 0 Å². The van der Waals surface area contributed by atoms with Crippen LogP contribution >= 0.6 is 0 Å². The van der Waals surface area contributed by atoms with Crippen LogP contribution in [0.5, 0.6) is 5.75 Å². The monoisotopic (exact) mass is 205 g/mol. The van der Waals surface area contributed by atoms with Crippen molar-refractivity contribution < 1.29 is 5.11 Å². The largest absolute Gasteiger partial charge is 0.508 e. The van der Waals surface area contributed by atoms with Crippen LogP contribution in [0.15, 0.2) is 18.2 Å². The summed E-state index contributed by atoms with van der Waals surface area (Å²) in [5.41, 5.74) is 8.29. The van der Waals surface area contributed by atoms with E-state index in [0.717, 1.165) is 11.1 Å². The fraction of sp³-hybridized carbons (Fsp3) is 0.538. The average molecular weight is 205 g/mol. The Hall–Kier alpha value is -1.02. The molecule has 0 amide bonds. The topological polar surface area (TPSA) is 46.2 Å². The van der Waals surface area contributed by atoms with Gasteiger partial charge < -0.3 is 10.8 Å². The van der Waals surface area contributed by atoms with Crippen LogP contribution in [-0.2, 0) is 0 Å². The zero-order valence-electron chi connectivity index (χ0n) is 9.24. The highest BCUT2D eigenvalue weighted by molar-refractivity contribution is 5.38. The van der Waals surface area contributed by atoms with Crippen LogP contribution < -0.4 is 5.73 Å². The Kier molecular flexibility index (Phi) is 2.96. The first-order valence-corrected chi connectivity index (χ1v) is 5.73. The Morgan fingerprint density at radius 1 is 1.33 bits per heavy atom. The molecule has 0 bridgehead atoms. The number of aryl methyl sites for hydroxylation is 1. The lowest BCUT2D eigenvalue weighted by molar-refractivity contribution is 0.412. The minimum absolute atomic E-state index is 0.00685. The molecule has 1 fully saturated rings. The molecule has 1 atom stereocenters. The SMILES string of the molecule is Cc1ccc(O)c([C@@H](N)C2CCCC2)c1. The highest BCUT2D eigenvalue weighted by Crippen LogP contribution is 2.37. The summed E-state index contributed by atoms with van der Waals surface area (Å²) in [5, 5.41) is 9.79. The van der Waals surface area contributed by atoms with E-state index in [9.17, 15) is 5.11 Å². The van der Waals surface area contributed by atoms with Gasteiger partial charge in [0.25, 0.3) is 0 Å². The van der Waals surface area contributed by atoms with Gasteiger partial charge in [-0.05, 0) is 31.7 Å². The molecule has 1 saturated carbocycles. The van der Waals surface area contributed by atoms with E-state index in [2.05, 4.69) is 0 Å². The summed E-state index contributed by atoms with van der Waals surface area (Å²) < 4.78 is 0. The molecule has 3 N–H and O–H groups in total. The maximum Gasteiger partial charge on any atom is 0.120 e. The molecule has 1 aliphatic carbocycles. The van der Waals surface area contributed by atoms with Crippen LogP contribution in [0, 0.1) is 12.8 Å². The molecule has 0 spiro atoms. The first-order valence-electron chi connectivity index (χ1n) is 5.73. The van der Waals surface area contributed by atoms with E-state index in [-0.39, 0.29) is 6.04 Å². The van der Waals surface area contributed by atoms with Crippen LogP contribution in [0.2, 0.25) is 0 Å². The van der Waals surface area contributed by atoms with E-state index in [1.54, 1.807) is 6.07 Å². The Labute approximate surface area is 91.1 Å². The minimum atomic E-state index is 0.00685. The molecule has 2 rings (SSSR count). The van der Waals surface area contributed by atoms with Gasteiger partial charge in [0.1, 0.15) is 5.75 Å². The number of hydrogen-bond acceptors (Lipinski definition) is 2. The first kappa shape index (κ1) is 10.5. The lowest BCUT2D eigenvalue weighted by atomic mass is 9.91. The number of benzene rings is 1. The Morgan fingerprint density at radius 3 is 2.67 bits per heavy atom. The molecule has 2 nitrogen and oxygen atoms in total. The molecular formula is C13H19NO. The summed E-state index contributed by atoms with van der Waals surface area (Å²) in [5.74, 6) is 0.901. The van der Waals surface area contributed by atoms with Crippen molar-refractivity contribution in [2.24, 2.45) is 11.7 Å². The van der Waals surface area contributed by atoms with Crippen molar-refractivity contribution in [3.05, 3.63) is 29.3 Å². The van der Waals surface area contributed by atoms with Gasteiger partial charge >= 0.3 is 0 Å². The molecule has 82 valence electrons. The Morgan fingerprint density at radius 2 is 2.00 bits per heavy atom. The molecule has 0 saturated heterocycles. The summed E-state index contributed by atoms with van der Waals surface area (Å²) in [6.07, 6.45) is 4.97. The predicted molar refractivity (Wildman–Crippen MR) is 61.7 cm³/mol. The third-order valence-corrected chi connectivity index (χ3v) is 3.45. The van der Waals surface area contributed by atoms with Crippen LogP contribution in [0.1, 0.15) is 42.9 Å². The van der Waals surface area contributed by atoms with Crippen molar-refractivity contribution >= 4 is 0 Å². The molecule has 0 unspecified atom stereocenters. The van der Waals surface area contributed by atoms with Gasteiger partial charge in [-0.3, -0.25) is 0 Å². The van der Waals surface area contributed by atoms with E-state index < -0.39 is 0 Å². The van der Waals surface area contributed by atoms with Crippen molar-refractivity contribution in [2.45, 2.75) is 38.6 Å². The zero-order chi connectivity index (χ0) is 10.8. The van der Waals surface area contributed by atoms with Crippen molar-refractivity contribution in [1.82, 2.24) is 0 Å². The van der Waals surface area contributed by atoms with E-state index in [1.165, 1.54) is 25.7 Å². The van der Waals surface area contributed by atoms with Gasteiger partial charge in [-0.15, -0.1) is 0 Å².